The molecule has 13 heteroatoms. The Morgan fingerprint density at radius 1 is 1.19 bits per heavy atom. The standard InChI is InChI=1S/C18H19BrN6O6/c1-5-23(3)15-8-13(20-10(2)26)14(9-17(15)31-4)21-22-18-12(19)6-11(24(27)28)7-16(18)25(29)30/h6-9H,5H2,1-4H3,(H,20,26). The summed E-state index contributed by atoms with van der Waals surface area (Å²) >= 11 is 3.07. The van der Waals surface area contributed by atoms with Crippen molar-refractivity contribution in [1.29, 1.82) is 0 Å². The van der Waals surface area contributed by atoms with Crippen LogP contribution in [0.4, 0.5) is 34.1 Å². The number of benzene rings is 2. The zero-order chi connectivity index (χ0) is 23.3. The van der Waals surface area contributed by atoms with E-state index in [-0.39, 0.29) is 21.8 Å². The number of amides is 1. The fourth-order valence-electron chi connectivity index (χ4n) is 2.58. The van der Waals surface area contributed by atoms with Gasteiger partial charge in [0.15, 0.2) is 5.69 Å². The van der Waals surface area contributed by atoms with Gasteiger partial charge in [-0.15, -0.1) is 10.2 Å². The monoisotopic (exact) mass is 494 g/mol. The Balaban J connectivity index is 2.65. The van der Waals surface area contributed by atoms with Crippen LogP contribution in [0.2, 0.25) is 0 Å². The molecule has 1 N–H and O–H groups in total. The van der Waals surface area contributed by atoms with Crippen LogP contribution in [0, 0.1) is 20.2 Å². The highest BCUT2D eigenvalue weighted by Crippen LogP contribution is 2.42. The molecular weight excluding hydrogens is 476 g/mol. The lowest BCUT2D eigenvalue weighted by atomic mass is 10.2. The largest absolute Gasteiger partial charge is 0.494 e. The molecule has 31 heavy (non-hydrogen) atoms. The van der Waals surface area contributed by atoms with Gasteiger partial charge in [-0.05, 0) is 28.9 Å². The van der Waals surface area contributed by atoms with E-state index in [1.54, 1.807) is 6.07 Å². The normalized spacial score (nSPS) is 10.7. The van der Waals surface area contributed by atoms with Crippen molar-refractivity contribution < 1.29 is 19.4 Å². The Morgan fingerprint density at radius 3 is 2.39 bits per heavy atom. The molecule has 164 valence electrons. The molecule has 2 rings (SSSR count). The summed E-state index contributed by atoms with van der Waals surface area (Å²) in [5.74, 6) is 0.0962. The number of halogens is 1. The molecular formula is C18H19BrN6O6. The number of azo groups is 1. The smallest absolute Gasteiger partial charge is 0.304 e. The Labute approximate surface area is 185 Å². The second-order valence-corrected chi connectivity index (χ2v) is 7.10. The van der Waals surface area contributed by atoms with Gasteiger partial charge in [0.1, 0.15) is 11.4 Å². The number of hydrogen-bond donors (Lipinski definition) is 1. The quantitative estimate of drug-likeness (QED) is 0.304. The Hall–Kier alpha value is -3.61. The van der Waals surface area contributed by atoms with E-state index < -0.39 is 21.2 Å². The Kier molecular flexibility index (Phi) is 7.58. The fraction of sp³-hybridized carbons (Fsp3) is 0.278. The average molecular weight is 495 g/mol. The molecule has 0 aliphatic rings. The van der Waals surface area contributed by atoms with Crippen LogP contribution in [0.25, 0.3) is 0 Å². The summed E-state index contributed by atoms with van der Waals surface area (Å²) in [5.41, 5.74) is -0.0912. The molecule has 1 amide bonds. The first-order valence-electron chi connectivity index (χ1n) is 8.83. The van der Waals surface area contributed by atoms with Gasteiger partial charge in [-0.25, -0.2) is 0 Å². The van der Waals surface area contributed by atoms with Gasteiger partial charge in [0, 0.05) is 32.6 Å². The van der Waals surface area contributed by atoms with Crippen molar-refractivity contribution >= 4 is 56.0 Å². The van der Waals surface area contributed by atoms with Gasteiger partial charge < -0.3 is 15.0 Å². The van der Waals surface area contributed by atoms with Crippen LogP contribution < -0.4 is 15.0 Å². The number of ether oxygens (including phenoxy) is 1. The summed E-state index contributed by atoms with van der Waals surface area (Å²) in [4.78, 5) is 34.4. The fourth-order valence-corrected chi connectivity index (χ4v) is 3.10. The molecule has 2 aromatic rings. The number of methoxy groups -OCH3 is 1. The third-order valence-electron chi connectivity index (χ3n) is 4.19. The molecule has 0 aromatic heterocycles. The van der Waals surface area contributed by atoms with Crippen LogP contribution in [0.15, 0.2) is 39.0 Å². The number of non-ortho nitro benzene ring substituents is 1. The number of anilines is 2. The number of rotatable bonds is 8. The number of carbonyl (C=O) groups is 1. The predicted octanol–water partition coefficient (Wildman–Crippen LogP) is 5.10. The van der Waals surface area contributed by atoms with E-state index in [0.29, 0.717) is 23.7 Å². The summed E-state index contributed by atoms with van der Waals surface area (Å²) < 4.78 is 5.42. The van der Waals surface area contributed by atoms with Crippen molar-refractivity contribution in [3.63, 3.8) is 0 Å². The minimum atomic E-state index is -0.791. The SMILES string of the molecule is CCN(C)c1cc(NC(C)=O)c(N=Nc2c(Br)cc([N+](=O)[O-])cc2[N+](=O)[O-])cc1OC. The van der Waals surface area contributed by atoms with Crippen LogP contribution in [0.1, 0.15) is 13.8 Å². The highest BCUT2D eigenvalue weighted by molar-refractivity contribution is 9.10. The summed E-state index contributed by atoms with van der Waals surface area (Å²) in [6.45, 7) is 3.93. The Morgan fingerprint density at radius 2 is 1.87 bits per heavy atom. The maximum absolute atomic E-state index is 11.7. The molecule has 0 fully saturated rings. The number of carbonyl (C=O) groups excluding carboxylic acids is 1. The third-order valence-corrected chi connectivity index (χ3v) is 4.79. The number of nitrogens with zero attached hydrogens (tertiary/aromatic N) is 5. The van der Waals surface area contributed by atoms with Crippen molar-refractivity contribution in [2.45, 2.75) is 13.8 Å². The molecule has 0 radical (unpaired) electrons. The number of nitro groups is 2. The van der Waals surface area contributed by atoms with Gasteiger partial charge in [0.05, 0.1) is 38.9 Å². The zero-order valence-electron chi connectivity index (χ0n) is 17.1. The summed E-state index contributed by atoms with van der Waals surface area (Å²) in [6, 6.07) is 5.07. The van der Waals surface area contributed by atoms with Crippen LogP contribution in [0.3, 0.4) is 0 Å². The van der Waals surface area contributed by atoms with Gasteiger partial charge >= 0.3 is 5.69 Å². The van der Waals surface area contributed by atoms with Gasteiger partial charge in [-0.3, -0.25) is 25.0 Å². The minimum Gasteiger partial charge on any atom is -0.494 e. The number of hydrogen-bond acceptors (Lipinski definition) is 9. The minimum absolute atomic E-state index is 0.0209. The molecule has 0 atom stereocenters. The van der Waals surface area contributed by atoms with Gasteiger partial charge in [0.2, 0.25) is 5.91 Å². The molecule has 12 nitrogen and oxygen atoms in total. The predicted molar refractivity (Wildman–Crippen MR) is 118 cm³/mol. The van der Waals surface area contributed by atoms with Crippen molar-refractivity contribution in [2.75, 3.05) is 30.9 Å². The highest BCUT2D eigenvalue weighted by atomic mass is 79.9. The van der Waals surface area contributed by atoms with Gasteiger partial charge in [-0.1, -0.05) is 0 Å². The molecule has 0 saturated carbocycles. The topological polar surface area (TPSA) is 153 Å². The average Bonchev–Trinajstić information content (AvgIpc) is 2.71. The van der Waals surface area contributed by atoms with E-state index in [1.807, 2.05) is 18.9 Å². The van der Waals surface area contributed by atoms with Crippen molar-refractivity contribution in [3.8, 4) is 5.75 Å². The molecule has 0 unspecified atom stereocenters. The first-order valence-corrected chi connectivity index (χ1v) is 9.63. The molecule has 0 aliphatic carbocycles. The second-order valence-electron chi connectivity index (χ2n) is 6.25. The van der Waals surface area contributed by atoms with E-state index in [2.05, 4.69) is 31.5 Å². The summed E-state index contributed by atoms with van der Waals surface area (Å²) in [5, 5.41) is 33.0. The molecule has 0 heterocycles. The van der Waals surface area contributed by atoms with Crippen LogP contribution >= 0.6 is 15.9 Å². The van der Waals surface area contributed by atoms with Crippen LogP contribution in [-0.2, 0) is 4.79 Å². The maximum Gasteiger partial charge on any atom is 0.304 e. The van der Waals surface area contributed by atoms with Crippen molar-refractivity contribution in [1.82, 2.24) is 0 Å². The first-order chi connectivity index (χ1) is 14.6. The van der Waals surface area contributed by atoms with E-state index in [0.717, 1.165) is 12.1 Å². The van der Waals surface area contributed by atoms with Gasteiger partial charge in [-0.2, -0.15) is 0 Å². The van der Waals surface area contributed by atoms with Gasteiger partial charge in [0.25, 0.3) is 5.69 Å². The van der Waals surface area contributed by atoms with E-state index >= 15 is 0 Å². The van der Waals surface area contributed by atoms with Crippen LogP contribution in [-0.4, -0.2) is 36.5 Å². The first kappa shape index (κ1) is 23.7. The third kappa shape index (κ3) is 5.51. The number of nitrogens with one attached hydrogen (secondary N) is 1. The van der Waals surface area contributed by atoms with E-state index in [1.165, 1.54) is 20.1 Å². The molecule has 0 bridgehead atoms. The maximum atomic E-state index is 11.7. The lowest BCUT2D eigenvalue weighted by Crippen LogP contribution is -2.17. The number of nitro benzene ring substituents is 2. The Bertz CT molecular complexity index is 1070. The molecule has 0 spiro atoms. The lowest BCUT2D eigenvalue weighted by molar-refractivity contribution is -0.393. The van der Waals surface area contributed by atoms with E-state index in [4.69, 9.17) is 4.74 Å². The molecule has 0 aliphatic heterocycles. The molecule has 2 aromatic carbocycles. The van der Waals surface area contributed by atoms with Crippen LogP contribution in [0.5, 0.6) is 5.75 Å². The lowest BCUT2D eigenvalue weighted by Gasteiger charge is -2.21. The summed E-state index contributed by atoms with van der Waals surface area (Å²) in [7, 11) is 3.31. The highest BCUT2D eigenvalue weighted by Gasteiger charge is 2.24. The van der Waals surface area contributed by atoms with E-state index in [9.17, 15) is 25.0 Å². The van der Waals surface area contributed by atoms with Crippen molar-refractivity contribution in [3.05, 3.63) is 49.0 Å². The zero-order valence-corrected chi connectivity index (χ0v) is 18.7. The van der Waals surface area contributed by atoms with Crippen molar-refractivity contribution in [2.24, 2.45) is 10.2 Å². The summed E-state index contributed by atoms with van der Waals surface area (Å²) in [6.07, 6.45) is 0. The second kappa shape index (κ2) is 9.93. The molecule has 0 saturated heterocycles.